The number of benzene rings is 1. The molecule has 2 heterocycles. The minimum absolute atomic E-state index is 0.0340. The predicted octanol–water partition coefficient (Wildman–Crippen LogP) is 3.40. The van der Waals surface area contributed by atoms with Gasteiger partial charge in [-0.2, -0.15) is 0 Å². The minimum atomic E-state index is 0.0340. The average molecular weight is 325 g/mol. The first-order valence-electron chi connectivity index (χ1n) is 8.99. The molecule has 0 bridgehead atoms. The molecule has 1 N–H and O–H groups in total. The van der Waals surface area contributed by atoms with Gasteiger partial charge < -0.3 is 4.98 Å². The standard InChI is InChI=1S/C20H27N3O/c1-4-5-15-6-8-16(9-7-15)12-23-11-10-18-17(13-23)20(24)22-19(21-18)14(2)3/h6-9,14H,4-5,10-13H2,1-3H3,(H,21,22,24). The Kier molecular flexibility index (Phi) is 5.14. The highest BCUT2D eigenvalue weighted by Gasteiger charge is 2.21. The zero-order valence-electron chi connectivity index (χ0n) is 14.9. The number of H-pyrrole nitrogens is 1. The summed E-state index contributed by atoms with van der Waals surface area (Å²) < 4.78 is 0. The molecule has 0 radical (unpaired) electrons. The van der Waals surface area contributed by atoms with Gasteiger partial charge in [-0.15, -0.1) is 0 Å². The summed E-state index contributed by atoms with van der Waals surface area (Å²) in [5.41, 5.74) is 4.56. The molecular weight excluding hydrogens is 298 g/mol. The second-order valence-electron chi connectivity index (χ2n) is 7.06. The summed E-state index contributed by atoms with van der Waals surface area (Å²) in [6.45, 7) is 8.85. The van der Waals surface area contributed by atoms with Gasteiger partial charge >= 0.3 is 0 Å². The summed E-state index contributed by atoms with van der Waals surface area (Å²) >= 11 is 0. The first-order chi connectivity index (χ1) is 11.6. The van der Waals surface area contributed by atoms with Crippen LogP contribution in [0.1, 0.15) is 61.3 Å². The van der Waals surface area contributed by atoms with E-state index < -0.39 is 0 Å². The van der Waals surface area contributed by atoms with E-state index in [9.17, 15) is 4.79 Å². The molecule has 0 saturated heterocycles. The lowest BCUT2D eigenvalue weighted by Gasteiger charge is -2.28. The summed E-state index contributed by atoms with van der Waals surface area (Å²) in [5, 5.41) is 0. The fourth-order valence-electron chi connectivity index (χ4n) is 3.27. The van der Waals surface area contributed by atoms with Crippen LogP contribution < -0.4 is 5.56 Å². The Hall–Kier alpha value is -1.94. The van der Waals surface area contributed by atoms with Crippen LogP contribution in [-0.4, -0.2) is 21.4 Å². The SMILES string of the molecule is CCCc1ccc(CN2CCc3nc(C(C)C)[nH]c(=O)c3C2)cc1. The van der Waals surface area contributed by atoms with Crippen LogP contribution in [0.15, 0.2) is 29.1 Å². The number of nitrogens with zero attached hydrogens (tertiary/aromatic N) is 2. The van der Waals surface area contributed by atoms with E-state index in [1.807, 2.05) is 0 Å². The van der Waals surface area contributed by atoms with E-state index in [1.165, 1.54) is 17.5 Å². The highest BCUT2D eigenvalue weighted by molar-refractivity contribution is 5.25. The Morgan fingerprint density at radius 3 is 2.58 bits per heavy atom. The highest BCUT2D eigenvalue weighted by Crippen LogP contribution is 2.18. The summed E-state index contributed by atoms with van der Waals surface area (Å²) in [6.07, 6.45) is 3.17. The zero-order chi connectivity index (χ0) is 17.1. The van der Waals surface area contributed by atoms with Crippen molar-refractivity contribution in [2.75, 3.05) is 6.54 Å². The number of nitrogens with one attached hydrogen (secondary N) is 1. The van der Waals surface area contributed by atoms with Gasteiger partial charge in [-0.05, 0) is 17.5 Å². The van der Waals surface area contributed by atoms with Gasteiger partial charge in [0.05, 0.1) is 11.3 Å². The van der Waals surface area contributed by atoms with Crippen molar-refractivity contribution < 1.29 is 0 Å². The first-order valence-corrected chi connectivity index (χ1v) is 8.99. The molecule has 3 rings (SSSR count). The largest absolute Gasteiger partial charge is 0.310 e. The maximum Gasteiger partial charge on any atom is 0.255 e. The maximum atomic E-state index is 12.4. The van der Waals surface area contributed by atoms with Gasteiger partial charge in [0.1, 0.15) is 5.82 Å². The van der Waals surface area contributed by atoms with Gasteiger partial charge in [-0.25, -0.2) is 4.98 Å². The topological polar surface area (TPSA) is 49.0 Å². The number of fused-ring (bicyclic) bond motifs is 1. The number of rotatable bonds is 5. The predicted molar refractivity (Wildman–Crippen MR) is 97.2 cm³/mol. The van der Waals surface area contributed by atoms with E-state index in [0.29, 0.717) is 6.54 Å². The van der Waals surface area contributed by atoms with Gasteiger partial charge in [0.15, 0.2) is 0 Å². The lowest BCUT2D eigenvalue weighted by molar-refractivity contribution is 0.241. The molecule has 4 heteroatoms. The lowest BCUT2D eigenvalue weighted by Crippen LogP contribution is -2.35. The Labute approximate surface area is 143 Å². The molecule has 0 saturated carbocycles. The first kappa shape index (κ1) is 16.9. The molecule has 1 aliphatic rings. The smallest absolute Gasteiger partial charge is 0.255 e. The van der Waals surface area contributed by atoms with Crippen LogP contribution in [0.2, 0.25) is 0 Å². The van der Waals surface area contributed by atoms with Crippen molar-refractivity contribution in [1.29, 1.82) is 0 Å². The third-order valence-corrected chi connectivity index (χ3v) is 4.68. The summed E-state index contributed by atoms with van der Waals surface area (Å²) in [6, 6.07) is 8.87. The molecule has 128 valence electrons. The Morgan fingerprint density at radius 2 is 1.92 bits per heavy atom. The third kappa shape index (κ3) is 3.75. The fourth-order valence-corrected chi connectivity index (χ4v) is 3.27. The van der Waals surface area contributed by atoms with Crippen molar-refractivity contribution in [2.24, 2.45) is 0 Å². The molecule has 1 aromatic carbocycles. The van der Waals surface area contributed by atoms with Crippen LogP contribution in [0.5, 0.6) is 0 Å². The summed E-state index contributed by atoms with van der Waals surface area (Å²) in [7, 11) is 0. The van der Waals surface area contributed by atoms with Gasteiger partial charge in [0.2, 0.25) is 0 Å². The molecule has 1 aromatic heterocycles. The molecule has 0 unspecified atom stereocenters. The van der Waals surface area contributed by atoms with Crippen LogP contribution >= 0.6 is 0 Å². The fraction of sp³-hybridized carbons (Fsp3) is 0.500. The zero-order valence-corrected chi connectivity index (χ0v) is 14.9. The Balaban J connectivity index is 1.72. The Morgan fingerprint density at radius 1 is 1.21 bits per heavy atom. The van der Waals surface area contributed by atoms with Gasteiger partial charge in [-0.3, -0.25) is 9.69 Å². The molecule has 0 aliphatic carbocycles. The highest BCUT2D eigenvalue weighted by atomic mass is 16.1. The molecule has 0 atom stereocenters. The quantitative estimate of drug-likeness (QED) is 0.916. The third-order valence-electron chi connectivity index (χ3n) is 4.68. The van der Waals surface area contributed by atoms with Crippen LogP contribution in [0.4, 0.5) is 0 Å². The van der Waals surface area contributed by atoms with Crippen LogP contribution in [-0.2, 0) is 25.9 Å². The van der Waals surface area contributed by atoms with Crippen molar-refractivity contribution >= 4 is 0 Å². The lowest BCUT2D eigenvalue weighted by atomic mass is 10.0. The van der Waals surface area contributed by atoms with Crippen LogP contribution in [0, 0.1) is 0 Å². The number of aromatic nitrogens is 2. The van der Waals surface area contributed by atoms with E-state index in [2.05, 4.69) is 59.9 Å². The number of hydrogen-bond donors (Lipinski definition) is 1. The van der Waals surface area contributed by atoms with Crippen molar-refractivity contribution in [3.63, 3.8) is 0 Å². The van der Waals surface area contributed by atoms with Crippen molar-refractivity contribution in [3.8, 4) is 0 Å². The normalized spacial score (nSPS) is 14.8. The van der Waals surface area contributed by atoms with Crippen LogP contribution in [0.25, 0.3) is 0 Å². The van der Waals surface area contributed by atoms with Gasteiger partial charge in [0.25, 0.3) is 5.56 Å². The number of aryl methyl sites for hydroxylation is 1. The number of aromatic amines is 1. The monoisotopic (exact) mass is 325 g/mol. The molecule has 1 aliphatic heterocycles. The molecule has 4 nitrogen and oxygen atoms in total. The van der Waals surface area contributed by atoms with E-state index in [-0.39, 0.29) is 11.5 Å². The van der Waals surface area contributed by atoms with Gasteiger partial charge in [-0.1, -0.05) is 51.5 Å². The van der Waals surface area contributed by atoms with E-state index >= 15 is 0 Å². The molecule has 2 aromatic rings. The van der Waals surface area contributed by atoms with Crippen molar-refractivity contribution in [3.05, 3.63) is 62.8 Å². The Bertz CT molecular complexity index is 746. The molecule has 0 fully saturated rings. The average Bonchev–Trinajstić information content (AvgIpc) is 2.57. The molecule has 24 heavy (non-hydrogen) atoms. The van der Waals surface area contributed by atoms with Crippen molar-refractivity contribution in [1.82, 2.24) is 14.9 Å². The summed E-state index contributed by atoms with van der Waals surface area (Å²) in [4.78, 5) is 22.3. The minimum Gasteiger partial charge on any atom is -0.310 e. The summed E-state index contributed by atoms with van der Waals surface area (Å²) in [5.74, 6) is 1.06. The van der Waals surface area contributed by atoms with E-state index in [0.717, 1.165) is 43.0 Å². The second kappa shape index (κ2) is 7.31. The molecule has 0 spiro atoms. The van der Waals surface area contributed by atoms with Crippen molar-refractivity contribution in [2.45, 2.75) is 59.0 Å². The van der Waals surface area contributed by atoms with Crippen LogP contribution in [0.3, 0.4) is 0 Å². The second-order valence-corrected chi connectivity index (χ2v) is 7.06. The maximum absolute atomic E-state index is 12.4. The van der Waals surface area contributed by atoms with E-state index in [1.54, 1.807) is 0 Å². The molecule has 0 amide bonds. The van der Waals surface area contributed by atoms with Gasteiger partial charge in [0, 0.05) is 32.0 Å². The molecular formula is C20H27N3O. The number of hydrogen-bond acceptors (Lipinski definition) is 3. The van der Waals surface area contributed by atoms with E-state index in [4.69, 9.17) is 0 Å².